The molecular weight excluding hydrogens is 354 g/mol. The summed E-state index contributed by atoms with van der Waals surface area (Å²) in [5.74, 6) is -0.0177. The molecule has 118 valence electrons. The van der Waals surface area contributed by atoms with Gasteiger partial charge in [-0.05, 0) is 34.5 Å². The van der Waals surface area contributed by atoms with Crippen molar-refractivity contribution in [3.63, 3.8) is 0 Å². The molecule has 0 saturated carbocycles. The Hall–Kier alpha value is -1.83. The van der Waals surface area contributed by atoms with Gasteiger partial charge >= 0.3 is 0 Å². The van der Waals surface area contributed by atoms with E-state index in [4.69, 9.17) is 4.42 Å². The Morgan fingerprint density at radius 2 is 1.86 bits per heavy atom. The lowest BCUT2D eigenvalue weighted by atomic mass is 10.2. The van der Waals surface area contributed by atoms with Gasteiger partial charge in [-0.2, -0.15) is 0 Å². The largest absolute Gasteiger partial charge is 0.444 e. The van der Waals surface area contributed by atoms with Gasteiger partial charge in [0.2, 0.25) is 11.8 Å². The fourth-order valence-electron chi connectivity index (χ4n) is 2.73. The molecule has 3 rings (SSSR count). The molecule has 3 heterocycles. The van der Waals surface area contributed by atoms with Crippen molar-refractivity contribution in [2.24, 2.45) is 0 Å². The number of halogens is 1. The maximum Gasteiger partial charge on any atom is 0.289 e. The van der Waals surface area contributed by atoms with Crippen LogP contribution in [0.1, 0.15) is 23.4 Å². The molecule has 1 aromatic rings. The normalized spacial score (nSPS) is 21.9. The first kappa shape index (κ1) is 15.1. The topological polar surface area (TPSA) is 82.9 Å². The lowest BCUT2D eigenvalue weighted by Gasteiger charge is -2.35. The highest BCUT2D eigenvalue weighted by molar-refractivity contribution is 9.10. The number of nitrogens with zero attached hydrogens (tertiary/aromatic N) is 2. The summed E-state index contributed by atoms with van der Waals surface area (Å²) in [5, 5.41) is 2.68. The number of hydrogen-bond donors (Lipinski definition) is 1. The van der Waals surface area contributed by atoms with Crippen LogP contribution in [0.25, 0.3) is 0 Å². The lowest BCUT2D eigenvalue weighted by Crippen LogP contribution is -2.54. The van der Waals surface area contributed by atoms with E-state index >= 15 is 0 Å². The number of hydrogen-bond acceptors (Lipinski definition) is 4. The predicted octanol–water partition coefficient (Wildman–Crippen LogP) is 0.605. The molecule has 8 heteroatoms. The van der Waals surface area contributed by atoms with Crippen LogP contribution >= 0.6 is 15.9 Å². The van der Waals surface area contributed by atoms with E-state index < -0.39 is 6.04 Å². The van der Waals surface area contributed by atoms with Crippen molar-refractivity contribution in [3.8, 4) is 0 Å². The molecule has 2 saturated heterocycles. The van der Waals surface area contributed by atoms with Gasteiger partial charge in [-0.1, -0.05) is 0 Å². The fourth-order valence-corrected chi connectivity index (χ4v) is 3.04. The van der Waals surface area contributed by atoms with E-state index in [-0.39, 0.29) is 23.5 Å². The van der Waals surface area contributed by atoms with Gasteiger partial charge in [-0.25, -0.2) is 0 Å². The molecule has 0 spiro atoms. The molecule has 2 aliphatic heterocycles. The number of piperazine rings is 1. The molecule has 7 nitrogen and oxygen atoms in total. The number of rotatable bonds is 2. The van der Waals surface area contributed by atoms with Gasteiger partial charge in [0.25, 0.3) is 5.91 Å². The molecule has 0 aliphatic carbocycles. The molecule has 2 aliphatic rings. The number of carbonyl (C=O) groups is 3. The highest BCUT2D eigenvalue weighted by atomic mass is 79.9. The van der Waals surface area contributed by atoms with Crippen LogP contribution in [0.15, 0.2) is 21.2 Å². The minimum Gasteiger partial charge on any atom is -0.444 e. The Kier molecular flexibility index (Phi) is 4.19. The van der Waals surface area contributed by atoms with Crippen molar-refractivity contribution < 1.29 is 18.8 Å². The van der Waals surface area contributed by atoms with E-state index in [1.165, 1.54) is 0 Å². The molecule has 1 unspecified atom stereocenters. The van der Waals surface area contributed by atoms with Crippen molar-refractivity contribution in [1.29, 1.82) is 0 Å². The number of nitrogens with one attached hydrogen (secondary N) is 1. The third-order valence-corrected chi connectivity index (χ3v) is 4.38. The van der Waals surface area contributed by atoms with E-state index in [2.05, 4.69) is 21.2 Å². The second-order valence-electron chi connectivity index (χ2n) is 5.38. The van der Waals surface area contributed by atoms with Crippen LogP contribution in [0.5, 0.6) is 0 Å². The summed E-state index contributed by atoms with van der Waals surface area (Å²) in [6.45, 7) is 1.87. The second kappa shape index (κ2) is 6.12. The molecule has 3 amide bonds. The van der Waals surface area contributed by atoms with Crippen LogP contribution < -0.4 is 5.32 Å². The first-order chi connectivity index (χ1) is 10.5. The summed E-state index contributed by atoms with van der Waals surface area (Å²) >= 11 is 3.17. The number of carbonyl (C=O) groups excluding carboxylic acids is 3. The average molecular weight is 370 g/mol. The highest BCUT2D eigenvalue weighted by Gasteiger charge is 2.33. The summed E-state index contributed by atoms with van der Waals surface area (Å²) in [5.41, 5.74) is 0. The van der Waals surface area contributed by atoms with Gasteiger partial charge in [0.15, 0.2) is 10.4 Å². The summed E-state index contributed by atoms with van der Waals surface area (Å²) in [6, 6.07) is 2.89. The van der Waals surface area contributed by atoms with Crippen LogP contribution in [-0.4, -0.2) is 59.7 Å². The van der Waals surface area contributed by atoms with Crippen LogP contribution in [0.4, 0.5) is 0 Å². The van der Waals surface area contributed by atoms with E-state index in [0.717, 1.165) is 0 Å². The van der Waals surface area contributed by atoms with E-state index in [1.54, 1.807) is 21.9 Å². The lowest BCUT2D eigenvalue weighted by molar-refractivity contribution is -0.135. The SMILES string of the molecule is O=C1CCC(C(=O)N2CCN(C(=O)c3ccc(Br)o3)CC2)N1. The second-order valence-corrected chi connectivity index (χ2v) is 6.16. The molecule has 0 radical (unpaired) electrons. The van der Waals surface area contributed by atoms with Crippen molar-refractivity contribution >= 4 is 33.7 Å². The minimum atomic E-state index is -0.407. The maximum atomic E-state index is 12.3. The summed E-state index contributed by atoms with van der Waals surface area (Å²) in [7, 11) is 0. The van der Waals surface area contributed by atoms with Crippen molar-refractivity contribution in [2.45, 2.75) is 18.9 Å². The summed E-state index contributed by atoms with van der Waals surface area (Å²) in [6.07, 6.45) is 0.958. The molecule has 1 N–H and O–H groups in total. The Bertz CT molecular complexity index is 607. The first-order valence-electron chi connectivity index (χ1n) is 7.17. The maximum absolute atomic E-state index is 12.3. The summed E-state index contributed by atoms with van der Waals surface area (Å²) < 4.78 is 5.78. The van der Waals surface area contributed by atoms with Gasteiger partial charge < -0.3 is 19.5 Å². The minimum absolute atomic E-state index is 0.0568. The zero-order valence-corrected chi connectivity index (χ0v) is 13.5. The monoisotopic (exact) mass is 369 g/mol. The molecule has 1 aromatic heterocycles. The smallest absolute Gasteiger partial charge is 0.289 e. The molecule has 0 aromatic carbocycles. The average Bonchev–Trinajstić information content (AvgIpc) is 3.14. The van der Waals surface area contributed by atoms with Crippen LogP contribution in [0, 0.1) is 0 Å². The predicted molar refractivity (Wildman–Crippen MR) is 80.1 cm³/mol. The Morgan fingerprint density at radius 3 is 2.41 bits per heavy atom. The Balaban J connectivity index is 1.55. The number of furan rings is 1. The molecular formula is C14H16BrN3O4. The van der Waals surface area contributed by atoms with Gasteiger partial charge in [0.1, 0.15) is 6.04 Å². The zero-order chi connectivity index (χ0) is 15.7. The third-order valence-electron chi connectivity index (χ3n) is 3.96. The first-order valence-corrected chi connectivity index (χ1v) is 7.96. The van der Waals surface area contributed by atoms with E-state index in [9.17, 15) is 14.4 Å². The molecule has 22 heavy (non-hydrogen) atoms. The van der Waals surface area contributed by atoms with Gasteiger partial charge in [-0.15, -0.1) is 0 Å². The Labute approximate surface area is 135 Å². The Morgan fingerprint density at radius 1 is 1.18 bits per heavy atom. The standard InChI is InChI=1S/C14H16BrN3O4/c15-11-3-2-10(22-11)14(21)18-7-5-17(6-8-18)13(20)9-1-4-12(19)16-9/h2-3,9H,1,4-8H2,(H,16,19). The highest BCUT2D eigenvalue weighted by Crippen LogP contribution is 2.17. The zero-order valence-electron chi connectivity index (χ0n) is 11.9. The van der Waals surface area contributed by atoms with Crippen LogP contribution in [0.3, 0.4) is 0 Å². The number of amides is 3. The third kappa shape index (κ3) is 3.01. The molecule has 0 bridgehead atoms. The molecule has 2 fully saturated rings. The van der Waals surface area contributed by atoms with Gasteiger partial charge in [-0.3, -0.25) is 14.4 Å². The van der Waals surface area contributed by atoms with Gasteiger partial charge in [0, 0.05) is 32.6 Å². The van der Waals surface area contributed by atoms with E-state index in [0.29, 0.717) is 43.7 Å². The van der Waals surface area contributed by atoms with Gasteiger partial charge in [0.05, 0.1) is 0 Å². The van der Waals surface area contributed by atoms with Crippen LogP contribution in [0.2, 0.25) is 0 Å². The van der Waals surface area contributed by atoms with Crippen LogP contribution in [-0.2, 0) is 9.59 Å². The van der Waals surface area contributed by atoms with Crippen molar-refractivity contribution in [3.05, 3.63) is 22.6 Å². The summed E-state index contributed by atoms with van der Waals surface area (Å²) in [4.78, 5) is 39.1. The quantitative estimate of drug-likeness (QED) is 0.827. The van der Waals surface area contributed by atoms with Crippen molar-refractivity contribution in [2.75, 3.05) is 26.2 Å². The van der Waals surface area contributed by atoms with Crippen molar-refractivity contribution in [1.82, 2.24) is 15.1 Å². The fraction of sp³-hybridized carbons (Fsp3) is 0.500. The molecule has 1 atom stereocenters. The van der Waals surface area contributed by atoms with E-state index in [1.807, 2.05) is 0 Å².